The van der Waals surface area contributed by atoms with Crippen LogP contribution in [-0.2, 0) is 16.1 Å². The van der Waals surface area contributed by atoms with E-state index in [0.29, 0.717) is 13.2 Å². The second-order valence-electron chi connectivity index (χ2n) is 2.74. The van der Waals surface area contributed by atoms with E-state index in [1.807, 2.05) is 29.1 Å². The highest BCUT2D eigenvalue weighted by Gasteiger charge is 2.13. The molecule has 4 heteroatoms. The standard InChI is InChI=1S/C9H14N2O2/c1-2-13-9(12)8(10)7-11-5-3-4-6-11/h3-6,8H,2,7,10H2,1H3. The summed E-state index contributed by atoms with van der Waals surface area (Å²) in [5, 5.41) is 0. The Morgan fingerprint density at radius 3 is 2.69 bits per heavy atom. The Morgan fingerprint density at radius 1 is 1.54 bits per heavy atom. The lowest BCUT2D eigenvalue weighted by Crippen LogP contribution is -2.36. The van der Waals surface area contributed by atoms with Crippen molar-refractivity contribution in [2.45, 2.75) is 19.5 Å². The van der Waals surface area contributed by atoms with Crippen molar-refractivity contribution >= 4 is 5.97 Å². The molecule has 0 aliphatic rings. The highest BCUT2D eigenvalue weighted by molar-refractivity contribution is 5.75. The molecule has 1 unspecified atom stereocenters. The molecule has 0 saturated carbocycles. The van der Waals surface area contributed by atoms with Crippen LogP contribution < -0.4 is 5.73 Å². The molecule has 1 heterocycles. The second kappa shape index (κ2) is 4.67. The fourth-order valence-corrected chi connectivity index (χ4v) is 1.04. The van der Waals surface area contributed by atoms with E-state index in [1.54, 1.807) is 6.92 Å². The predicted molar refractivity (Wildman–Crippen MR) is 49.0 cm³/mol. The molecule has 13 heavy (non-hydrogen) atoms. The molecular weight excluding hydrogens is 168 g/mol. The topological polar surface area (TPSA) is 57.2 Å². The van der Waals surface area contributed by atoms with Crippen LogP contribution in [0.15, 0.2) is 24.5 Å². The van der Waals surface area contributed by atoms with Crippen LogP contribution in [0, 0.1) is 0 Å². The maximum atomic E-state index is 11.1. The molecule has 0 saturated heterocycles. The van der Waals surface area contributed by atoms with Crippen molar-refractivity contribution in [3.8, 4) is 0 Å². The lowest BCUT2D eigenvalue weighted by atomic mass is 10.3. The molecule has 1 atom stereocenters. The Labute approximate surface area is 77.3 Å². The largest absolute Gasteiger partial charge is 0.465 e. The summed E-state index contributed by atoms with van der Waals surface area (Å²) in [6, 6.07) is 3.20. The van der Waals surface area contributed by atoms with Crippen molar-refractivity contribution in [2.24, 2.45) is 5.73 Å². The molecule has 0 bridgehead atoms. The van der Waals surface area contributed by atoms with Gasteiger partial charge in [-0.25, -0.2) is 0 Å². The van der Waals surface area contributed by atoms with Crippen LogP contribution in [0.5, 0.6) is 0 Å². The molecule has 4 nitrogen and oxygen atoms in total. The van der Waals surface area contributed by atoms with Crippen LogP contribution in [0.1, 0.15) is 6.92 Å². The third-order valence-corrected chi connectivity index (χ3v) is 1.66. The van der Waals surface area contributed by atoms with Crippen molar-refractivity contribution in [2.75, 3.05) is 6.61 Å². The minimum Gasteiger partial charge on any atom is -0.465 e. The van der Waals surface area contributed by atoms with Gasteiger partial charge in [0.1, 0.15) is 6.04 Å². The number of nitrogens with zero attached hydrogens (tertiary/aromatic N) is 1. The number of esters is 1. The molecule has 1 aromatic heterocycles. The van der Waals surface area contributed by atoms with Gasteiger partial charge in [-0.3, -0.25) is 4.79 Å². The zero-order valence-electron chi connectivity index (χ0n) is 7.64. The molecule has 0 aliphatic heterocycles. The molecule has 72 valence electrons. The molecule has 2 N–H and O–H groups in total. The highest BCUT2D eigenvalue weighted by Crippen LogP contribution is 1.94. The number of aromatic nitrogens is 1. The smallest absolute Gasteiger partial charge is 0.324 e. The van der Waals surface area contributed by atoms with Crippen LogP contribution in [0.25, 0.3) is 0 Å². The van der Waals surface area contributed by atoms with E-state index < -0.39 is 6.04 Å². The fraction of sp³-hybridized carbons (Fsp3) is 0.444. The monoisotopic (exact) mass is 182 g/mol. The number of nitrogens with two attached hydrogens (primary N) is 1. The van der Waals surface area contributed by atoms with Gasteiger partial charge in [0, 0.05) is 18.9 Å². The van der Waals surface area contributed by atoms with Crippen LogP contribution in [0.2, 0.25) is 0 Å². The summed E-state index contributed by atoms with van der Waals surface area (Å²) < 4.78 is 6.62. The average Bonchev–Trinajstić information content (AvgIpc) is 2.57. The number of hydrogen-bond donors (Lipinski definition) is 1. The Balaban J connectivity index is 2.41. The van der Waals surface area contributed by atoms with E-state index in [2.05, 4.69) is 0 Å². The Kier molecular flexibility index (Phi) is 3.52. The van der Waals surface area contributed by atoms with E-state index in [0.717, 1.165) is 0 Å². The molecular formula is C9H14N2O2. The normalized spacial score (nSPS) is 12.5. The number of hydrogen-bond acceptors (Lipinski definition) is 3. The number of rotatable bonds is 4. The first-order chi connectivity index (χ1) is 6.24. The van der Waals surface area contributed by atoms with E-state index >= 15 is 0 Å². The van der Waals surface area contributed by atoms with Gasteiger partial charge in [0.2, 0.25) is 0 Å². The van der Waals surface area contributed by atoms with Gasteiger partial charge in [-0.2, -0.15) is 0 Å². The Bertz CT molecular complexity index is 257. The van der Waals surface area contributed by atoms with Crippen LogP contribution in [-0.4, -0.2) is 23.2 Å². The first kappa shape index (κ1) is 9.80. The lowest BCUT2D eigenvalue weighted by Gasteiger charge is -2.10. The van der Waals surface area contributed by atoms with Crippen molar-refractivity contribution in [3.05, 3.63) is 24.5 Å². The molecule has 0 radical (unpaired) electrons. The number of carbonyl (C=O) groups excluding carboxylic acids is 1. The zero-order valence-corrected chi connectivity index (χ0v) is 7.64. The molecule has 0 aromatic carbocycles. The third kappa shape index (κ3) is 2.91. The third-order valence-electron chi connectivity index (χ3n) is 1.66. The molecule has 1 rings (SSSR count). The van der Waals surface area contributed by atoms with Gasteiger partial charge < -0.3 is 15.0 Å². The Hall–Kier alpha value is -1.29. The van der Waals surface area contributed by atoms with Gasteiger partial charge in [-0.1, -0.05) is 0 Å². The van der Waals surface area contributed by atoms with Crippen molar-refractivity contribution < 1.29 is 9.53 Å². The van der Waals surface area contributed by atoms with Crippen LogP contribution in [0.4, 0.5) is 0 Å². The van der Waals surface area contributed by atoms with Crippen LogP contribution >= 0.6 is 0 Å². The molecule has 0 amide bonds. The summed E-state index contributed by atoms with van der Waals surface area (Å²) in [6.45, 7) is 2.60. The summed E-state index contributed by atoms with van der Waals surface area (Å²) in [5.74, 6) is -0.351. The second-order valence-corrected chi connectivity index (χ2v) is 2.74. The number of ether oxygens (including phenoxy) is 1. The zero-order chi connectivity index (χ0) is 9.68. The van der Waals surface area contributed by atoms with Crippen molar-refractivity contribution in [3.63, 3.8) is 0 Å². The van der Waals surface area contributed by atoms with E-state index in [1.165, 1.54) is 0 Å². The predicted octanol–water partition coefficient (Wildman–Crippen LogP) is 0.378. The van der Waals surface area contributed by atoms with Gasteiger partial charge in [0.25, 0.3) is 0 Å². The summed E-state index contributed by atoms with van der Waals surface area (Å²) in [4.78, 5) is 11.1. The summed E-state index contributed by atoms with van der Waals surface area (Å²) >= 11 is 0. The SMILES string of the molecule is CCOC(=O)C(N)Cn1cccc1. The van der Waals surface area contributed by atoms with E-state index in [-0.39, 0.29) is 5.97 Å². The maximum absolute atomic E-state index is 11.1. The first-order valence-electron chi connectivity index (χ1n) is 4.27. The van der Waals surface area contributed by atoms with E-state index in [9.17, 15) is 4.79 Å². The van der Waals surface area contributed by atoms with Crippen molar-refractivity contribution in [1.29, 1.82) is 0 Å². The van der Waals surface area contributed by atoms with Gasteiger partial charge in [-0.15, -0.1) is 0 Å². The van der Waals surface area contributed by atoms with Gasteiger partial charge in [-0.05, 0) is 19.1 Å². The summed E-state index contributed by atoms with van der Waals surface area (Å²) in [5.41, 5.74) is 5.60. The van der Waals surface area contributed by atoms with Gasteiger partial charge >= 0.3 is 5.97 Å². The maximum Gasteiger partial charge on any atom is 0.324 e. The Morgan fingerprint density at radius 2 is 2.15 bits per heavy atom. The van der Waals surface area contributed by atoms with Crippen LogP contribution in [0.3, 0.4) is 0 Å². The quantitative estimate of drug-likeness (QED) is 0.685. The lowest BCUT2D eigenvalue weighted by molar-refractivity contribution is -0.145. The highest BCUT2D eigenvalue weighted by atomic mass is 16.5. The fourth-order valence-electron chi connectivity index (χ4n) is 1.04. The minimum atomic E-state index is -0.577. The molecule has 0 aliphatic carbocycles. The summed E-state index contributed by atoms with van der Waals surface area (Å²) in [6.07, 6.45) is 3.72. The summed E-state index contributed by atoms with van der Waals surface area (Å²) in [7, 11) is 0. The average molecular weight is 182 g/mol. The van der Waals surface area contributed by atoms with Gasteiger partial charge in [0.05, 0.1) is 6.61 Å². The van der Waals surface area contributed by atoms with E-state index in [4.69, 9.17) is 10.5 Å². The molecule has 1 aromatic rings. The molecule has 0 fully saturated rings. The minimum absolute atomic E-state index is 0.351. The first-order valence-corrected chi connectivity index (χ1v) is 4.27. The molecule has 0 spiro atoms. The van der Waals surface area contributed by atoms with Gasteiger partial charge in [0.15, 0.2) is 0 Å². The van der Waals surface area contributed by atoms with Crippen molar-refractivity contribution in [1.82, 2.24) is 4.57 Å². The number of carbonyl (C=O) groups is 1.